The monoisotopic (exact) mass is 517 g/mol. The van der Waals surface area contributed by atoms with Crippen LogP contribution in [0.2, 0.25) is 0 Å². The average molecular weight is 518 g/mol. The van der Waals surface area contributed by atoms with Crippen LogP contribution in [-0.2, 0) is 14.3 Å². The molecule has 2 N–H and O–H groups in total. The second-order valence-corrected chi connectivity index (χ2v) is 12.2. The topological polar surface area (TPSA) is 87.7 Å². The van der Waals surface area contributed by atoms with Gasteiger partial charge in [-0.25, -0.2) is 4.79 Å². The Kier molecular flexibility index (Phi) is 11.7. The van der Waals surface area contributed by atoms with Gasteiger partial charge >= 0.3 is 6.09 Å². The summed E-state index contributed by atoms with van der Waals surface area (Å²) >= 11 is 0. The van der Waals surface area contributed by atoms with Crippen molar-refractivity contribution in [3.8, 4) is 0 Å². The third kappa shape index (κ3) is 9.35. The summed E-state index contributed by atoms with van der Waals surface area (Å²) in [7, 11) is 0. The first-order valence-electron chi connectivity index (χ1n) is 13.6. The van der Waals surface area contributed by atoms with Gasteiger partial charge in [0.15, 0.2) is 0 Å². The van der Waals surface area contributed by atoms with Crippen molar-refractivity contribution in [2.24, 2.45) is 5.92 Å². The van der Waals surface area contributed by atoms with Crippen LogP contribution in [0.3, 0.4) is 0 Å². The Bertz CT molecular complexity index is 933. The van der Waals surface area contributed by atoms with E-state index >= 15 is 0 Å². The van der Waals surface area contributed by atoms with Gasteiger partial charge in [0.1, 0.15) is 17.7 Å². The van der Waals surface area contributed by atoms with Crippen molar-refractivity contribution in [3.63, 3.8) is 0 Å². The second kappa shape index (κ2) is 13.3. The Hall–Kier alpha value is -2.57. The van der Waals surface area contributed by atoms with Crippen molar-refractivity contribution >= 4 is 17.9 Å². The molecule has 1 rings (SSSR count). The van der Waals surface area contributed by atoms with Crippen molar-refractivity contribution in [1.82, 2.24) is 15.5 Å². The van der Waals surface area contributed by atoms with E-state index < -0.39 is 29.3 Å². The van der Waals surface area contributed by atoms with Crippen molar-refractivity contribution < 1.29 is 19.1 Å². The molecule has 0 aromatic heterocycles. The zero-order valence-corrected chi connectivity index (χ0v) is 25.2. The molecule has 7 heteroatoms. The van der Waals surface area contributed by atoms with Crippen LogP contribution in [0.4, 0.5) is 4.79 Å². The van der Waals surface area contributed by atoms with Gasteiger partial charge in [-0.1, -0.05) is 57.9 Å². The highest BCUT2D eigenvalue weighted by Crippen LogP contribution is 2.35. The number of rotatable bonds is 11. The summed E-state index contributed by atoms with van der Waals surface area (Å²) < 4.78 is 5.47. The number of aryl methyl sites for hydroxylation is 2. The highest BCUT2D eigenvalue weighted by Gasteiger charge is 2.44. The van der Waals surface area contributed by atoms with Crippen molar-refractivity contribution in [2.75, 3.05) is 0 Å². The van der Waals surface area contributed by atoms with Gasteiger partial charge in [-0.2, -0.15) is 0 Å². The predicted octanol–water partition coefficient (Wildman–Crippen LogP) is 6.22. The van der Waals surface area contributed by atoms with E-state index in [2.05, 4.69) is 17.6 Å². The Morgan fingerprint density at radius 1 is 0.973 bits per heavy atom. The molecule has 0 fully saturated rings. The van der Waals surface area contributed by atoms with Crippen LogP contribution >= 0.6 is 0 Å². The van der Waals surface area contributed by atoms with E-state index in [1.807, 2.05) is 73.6 Å². The molecule has 3 unspecified atom stereocenters. The van der Waals surface area contributed by atoms with Crippen molar-refractivity contribution in [2.45, 2.75) is 132 Å². The van der Waals surface area contributed by atoms with Gasteiger partial charge in [0.2, 0.25) is 11.8 Å². The molecule has 0 aliphatic carbocycles. The van der Waals surface area contributed by atoms with E-state index in [1.54, 1.807) is 25.7 Å². The molecule has 0 saturated heterocycles. The first-order chi connectivity index (χ1) is 16.9. The van der Waals surface area contributed by atoms with E-state index in [9.17, 15) is 14.4 Å². The van der Waals surface area contributed by atoms with Gasteiger partial charge in [-0.3, -0.25) is 9.59 Å². The highest BCUT2D eigenvalue weighted by molar-refractivity contribution is 5.93. The maximum absolute atomic E-state index is 14.4. The van der Waals surface area contributed by atoms with Gasteiger partial charge < -0.3 is 20.3 Å². The largest absolute Gasteiger partial charge is 0.444 e. The number of nitrogens with zero attached hydrogens (tertiary/aromatic N) is 1. The van der Waals surface area contributed by atoms with Crippen molar-refractivity contribution in [3.05, 3.63) is 34.9 Å². The first-order valence-corrected chi connectivity index (χ1v) is 13.6. The third-order valence-corrected chi connectivity index (χ3v) is 6.71. The Balaban J connectivity index is 3.72. The Labute approximate surface area is 225 Å². The SMILES string of the molecule is CCCC(C)NC(=O)C(c1cc(C)ccc1C)N(C(=O)C(NC(=O)OC(C)(C)C)C(C)C)C(C)(C)CC. The van der Waals surface area contributed by atoms with Gasteiger partial charge in [0, 0.05) is 11.6 Å². The normalized spacial score (nSPS) is 14.5. The summed E-state index contributed by atoms with van der Waals surface area (Å²) in [6.07, 6.45) is 1.74. The zero-order chi connectivity index (χ0) is 28.7. The fraction of sp³-hybridized carbons (Fsp3) is 0.700. The van der Waals surface area contributed by atoms with Crippen molar-refractivity contribution in [1.29, 1.82) is 0 Å². The fourth-order valence-electron chi connectivity index (χ4n) is 4.32. The van der Waals surface area contributed by atoms with E-state index in [-0.39, 0.29) is 23.8 Å². The van der Waals surface area contributed by atoms with Crippen LogP contribution in [0.5, 0.6) is 0 Å². The number of nitrogens with one attached hydrogen (secondary N) is 2. The molecule has 0 aliphatic heterocycles. The number of carbonyl (C=O) groups is 3. The summed E-state index contributed by atoms with van der Waals surface area (Å²) in [4.78, 5) is 42.8. The van der Waals surface area contributed by atoms with Gasteiger partial charge in [-0.15, -0.1) is 0 Å². The maximum atomic E-state index is 14.4. The molecule has 3 atom stereocenters. The molecule has 0 saturated carbocycles. The summed E-state index contributed by atoms with van der Waals surface area (Å²) in [5, 5.41) is 5.95. The summed E-state index contributed by atoms with van der Waals surface area (Å²) in [6, 6.07) is 4.22. The lowest BCUT2D eigenvalue weighted by atomic mass is 9.88. The number of hydrogen-bond donors (Lipinski definition) is 2. The summed E-state index contributed by atoms with van der Waals surface area (Å²) in [6.45, 7) is 23.1. The summed E-state index contributed by atoms with van der Waals surface area (Å²) in [5.74, 6) is -0.752. The number of ether oxygens (including phenoxy) is 1. The van der Waals surface area contributed by atoms with Gasteiger partial charge in [-0.05, 0) is 85.3 Å². The predicted molar refractivity (Wildman–Crippen MR) is 150 cm³/mol. The number of amides is 3. The lowest BCUT2D eigenvalue weighted by Crippen LogP contribution is -2.61. The van der Waals surface area contributed by atoms with E-state index in [4.69, 9.17) is 4.74 Å². The molecule has 0 heterocycles. The minimum absolute atomic E-state index is 0.0346. The summed E-state index contributed by atoms with van der Waals surface area (Å²) in [5.41, 5.74) is 1.35. The number of carbonyl (C=O) groups excluding carboxylic acids is 3. The molecular weight excluding hydrogens is 466 g/mol. The van der Waals surface area contributed by atoms with Crippen LogP contribution in [-0.4, -0.2) is 46.0 Å². The molecule has 7 nitrogen and oxygen atoms in total. The quantitative estimate of drug-likeness (QED) is 0.365. The van der Waals surface area contributed by atoms with E-state index in [1.165, 1.54) is 0 Å². The molecule has 37 heavy (non-hydrogen) atoms. The molecule has 3 amide bonds. The van der Waals surface area contributed by atoms with E-state index in [0.717, 1.165) is 29.5 Å². The second-order valence-electron chi connectivity index (χ2n) is 12.2. The molecule has 210 valence electrons. The lowest BCUT2D eigenvalue weighted by molar-refractivity contribution is -0.150. The average Bonchev–Trinajstić information content (AvgIpc) is 2.75. The van der Waals surface area contributed by atoms with Gasteiger partial charge in [0.25, 0.3) is 0 Å². The molecule has 0 radical (unpaired) electrons. The van der Waals surface area contributed by atoms with Gasteiger partial charge in [0.05, 0.1) is 0 Å². The van der Waals surface area contributed by atoms with Crippen LogP contribution in [0.1, 0.15) is 111 Å². The maximum Gasteiger partial charge on any atom is 0.408 e. The van der Waals surface area contributed by atoms with E-state index in [0.29, 0.717) is 6.42 Å². The molecule has 0 aliphatic rings. The Morgan fingerprint density at radius 2 is 1.57 bits per heavy atom. The lowest BCUT2D eigenvalue weighted by Gasteiger charge is -2.45. The molecule has 0 bridgehead atoms. The standard InChI is InChI=1S/C30H51N3O4/c1-13-15-22(7)31-26(34)25(23-18-20(5)16-17-21(23)6)33(30(11,12)14-2)27(35)24(19(3)4)32-28(36)37-29(8,9)10/h16-19,22,24-25H,13-15H2,1-12H3,(H,31,34)(H,32,36). The van der Waals surface area contributed by atoms with Crippen LogP contribution in [0.15, 0.2) is 18.2 Å². The fourth-order valence-corrected chi connectivity index (χ4v) is 4.32. The third-order valence-electron chi connectivity index (χ3n) is 6.71. The highest BCUT2D eigenvalue weighted by atomic mass is 16.6. The Morgan fingerprint density at radius 3 is 2.05 bits per heavy atom. The number of hydrogen-bond acceptors (Lipinski definition) is 4. The zero-order valence-electron chi connectivity index (χ0n) is 25.2. The van der Waals surface area contributed by atoms with Crippen LogP contribution in [0, 0.1) is 19.8 Å². The molecule has 1 aromatic carbocycles. The molecule has 1 aromatic rings. The first kappa shape index (κ1) is 32.5. The molecule has 0 spiro atoms. The van der Waals surface area contributed by atoms with Crippen LogP contribution < -0.4 is 10.6 Å². The smallest absolute Gasteiger partial charge is 0.408 e. The number of alkyl carbamates (subject to hydrolysis) is 1. The molecular formula is C30H51N3O4. The minimum Gasteiger partial charge on any atom is -0.444 e. The number of benzene rings is 1. The van der Waals surface area contributed by atoms with Crippen LogP contribution in [0.25, 0.3) is 0 Å². The minimum atomic E-state index is -0.867.